The molecular formula is C25H33N5O4S. The number of ether oxygens (including phenoxy) is 1. The summed E-state index contributed by atoms with van der Waals surface area (Å²) in [6.07, 6.45) is 2.66. The van der Waals surface area contributed by atoms with Crippen LogP contribution in [0, 0.1) is 13.8 Å². The molecule has 1 fully saturated rings. The molecule has 0 radical (unpaired) electrons. The number of nitrogens with zero attached hydrogens (tertiary/aromatic N) is 5. The van der Waals surface area contributed by atoms with E-state index in [-0.39, 0.29) is 23.1 Å². The fourth-order valence-electron chi connectivity index (χ4n) is 4.41. The molecule has 35 heavy (non-hydrogen) atoms. The van der Waals surface area contributed by atoms with Crippen LogP contribution >= 0.6 is 0 Å². The molecule has 2 atom stereocenters. The van der Waals surface area contributed by atoms with E-state index in [1.54, 1.807) is 35.4 Å². The molecular weight excluding hydrogens is 466 g/mol. The van der Waals surface area contributed by atoms with Crippen molar-refractivity contribution in [2.75, 3.05) is 18.0 Å². The molecule has 1 aliphatic rings. The average Bonchev–Trinajstić information content (AvgIpc) is 3.12. The number of hydrogen-bond donors (Lipinski definition) is 0. The smallest absolute Gasteiger partial charge is 0.410 e. The second-order valence-corrected chi connectivity index (χ2v) is 12.1. The Hall–Kier alpha value is -3.14. The largest absolute Gasteiger partial charge is 0.444 e. The van der Waals surface area contributed by atoms with E-state index in [4.69, 9.17) is 4.74 Å². The highest BCUT2D eigenvalue weighted by Crippen LogP contribution is 2.33. The Morgan fingerprint density at radius 1 is 1.03 bits per heavy atom. The monoisotopic (exact) mass is 499 g/mol. The van der Waals surface area contributed by atoms with Crippen LogP contribution in [0.5, 0.6) is 0 Å². The summed E-state index contributed by atoms with van der Waals surface area (Å²) in [5.74, 6) is 0.661. The lowest BCUT2D eigenvalue weighted by atomic mass is 10.1. The fraction of sp³-hybridized carbons (Fsp3) is 0.480. The second-order valence-electron chi connectivity index (χ2n) is 10.3. The van der Waals surface area contributed by atoms with Crippen molar-refractivity contribution in [3.63, 3.8) is 0 Å². The molecule has 0 spiro atoms. The van der Waals surface area contributed by atoms with Crippen molar-refractivity contribution >= 4 is 33.0 Å². The van der Waals surface area contributed by atoms with E-state index >= 15 is 0 Å². The van der Waals surface area contributed by atoms with Crippen LogP contribution in [0.1, 0.15) is 45.7 Å². The lowest BCUT2D eigenvalue weighted by Gasteiger charge is -2.44. The Morgan fingerprint density at radius 3 is 2.31 bits per heavy atom. The molecule has 188 valence electrons. The van der Waals surface area contributed by atoms with Gasteiger partial charge in [-0.15, -0.1) is 0 Å². The van der Waals surface area contributed by atoms with Gasteiger partial charge < -0.3 is 14.5 Å². The van der Waals surface area contributed by atoms with Crippen molar-refractivity contribution in [1.29, 1.82) is 0 Å². The maximum atomic E-state index is 13.4. The molecule has 1 aliphatic heterocycles. The van der Waals surface area contributed by atoms with Crippen molar-refractivity contribution in [2.45, 2.75) is 71.0 Å². The molecule has 3 aromatic rings. The maximum absolute atomic E-state index is 13.4. The number of rotatable bonds is 3. The van der Waals surface area contributed by atoms with Gasteiger partial charge in [-0.25, -0.2) is 27.2 Å². The molecule has 0 bridgehead atoms. The second kappa shape index (κ2) is 8.82. The summed E-state index contributed by atoms with van der Waals surface area (Å²) in [6, 6.07) is 6.58. The minimum Gasteiger partial charge on any atom is -0.444 e. The Labute approximate surface area is 206 Å². The molecule has 1 aromatic carbocycles. The van der Waals surface area contributed by atoms with Gasteiger partial charge in [0.1, 0.15) is 17.7 Å². The molecule has 3 heterocycles. The van der Waals surface area contributed by atoms with E-state index in [2.05, 4.69) is 14.9 Å². The van der Waals surface area contributed by atoms with Crippen molar-refractivity contribution in [3.05, 3.63) is 47.9 Å². The first kappa shape index (κ1) is 25.0. The molecule has 0 N–H and O–H groups in total. The van der Waals surface area contributed by atoms with E-state index in [0.29, 0.717) is 29.9 Å². The van der Waals surface area contributed by atoms with Crippen LogP contribution in [0.3, 0.4) is 0 Å². The number of carbonyl (C=O) groups is 1. The third kappa shape index (κ3) is 4.71. The number of anilines is 1. The summed E-state index contributed by atoms with van der Waals surface area (Å²) in [4.78, 5) is 25.7. The molecule has 0 saturated carbocycles. The molecule has 0 aliphatic carbocycles. The molecule has 2 aromatic heterocycles. The molecule has 1 amide bonds. The molecule has 4 rings (SSSR count). The van der Waals surface area contributed by atoms with Gasteiger partial charge in [-0.3, -0.25) is 0 Å². The SMILES string of the molecule is Cc1ccc(S(=O)(=O)n2cc(C)c3c(N4C[C@@H](C)N(C(=O)OC(C)(C)C)C[C@@H]4C)ncnc32)cc1. The minimum absolute atomic E-state index is 0.0618. The Bertz CT molecular complexity index is 1360. The van der Waals surface area contributed by atoms with Crippen LogP contribution in [0.4, 0.5) is 10.6 Å². The highest BCUT2D eigenvalue weighted by Gasteiger charge is 2.36. The van der Waals surface area contributed by atoms with Gasteiger partial charge in [-0.1, -0.05) is 17.7 Å². The summed E-state index contributed by atoms with van der Waals surface area (Å²) in [5.41, 5.74) is 1.51. The summed E-state index contributed by atoms with van der Waals surface area (Å²) in [5, 5.41) is 0.688. The van der Waals surface area contributed by atoms with Crippen LogP contribution in [-0.4, -0.2) is 64.1 Å². The number of benzene rings is 1. The zero-order chi connectivity index (χ0) is 25.7. The summed E-state index contributed by atoms with van der Waals surface area (Å²) in [7, 11) is -3.83. The first-order valence-electron chi connectivity index (χ1n) is 11.7. The number of hydrogen-bond acceptors (Lipinski definition) is 7. The van der Waals surface area contributed by atoms with Crippen molar-refractivity contribution in [3.8, 4) is 0 Å². The van der Waals surface area contributed by atoms with Gasteiger partial charge >= 0.3 is 6.09 Å². The van der Waals surface area contributed by atoms with E-state index in [1.807, 2.05) is 48.5 Å². The van der Waals surface area contributed by atoms with Crippen LogP contribution in [0.2, 0.25) is 0 Å². The number of amides is 1. The predicted octanol–water partition coefficient (Wildman–Crippen LogP) is 4.12. The highest BCUT2D eigenvalue weighted by molar-refractivity contribution is 7.90. The number of carbonyl (C=O) groups excluding carboxylic acids is 1. The van der Waals surface area contributed by atoms with E-state index in [9.17, 15) is 13.2 Å². The average molecular weight is 500 g/mol. The third-order valence-corrected chi connectivity index (χ3v) is 7.85. The summed E-state index contributed by atoms with van der Waals surface area (Å²) >= 11 is 0. The van der Waals surface area contributed by atoms with Gasteiger partial charge in [0.2, 0.25) is 0 Å². The van der Waals surface area contributed by atoms with Crippen LogP contribution < -0.4 is 4.90 Å². The van der Waals surface area contributed by atoms with E-state index < -0.39 is 15.6 Å². The first-order valence-corrected chi connectivity index (χ1v) is 13.1. The normalized spacial score (nSPS) is 19.3. The van der Waals surface area contributed by atoms with E-state index in [0.717, 1.165) is 11.1 Å². The topological polar surface area (TPSA) is 97.6 Å². The Morgan fingerprint density at radius 2 is 1.69 bits per heavy atom. The summed E-state index contributed by atoms with van der Waals surface area (Å²) in [6.45, 7) is 14.3. The predicted molar refractivity (Wildman–Crippen MR) is 135 cm³/mol. The third-order valence-electron chi connectivity index (χ3n) is 6.19. The van der Waals surface area contributed by atoms with Crippen LogP contribution in [-0.2, 0) is 14.8 Å². The number of fused-ring (bicyclic) bond motifs is 1. The zero-order valence-electron chi connectivity index (χ0n) is 21.3. The lowest BCUT2D eigenvalue weighted by molar-refractivity contribution is 0.0130. The highest BCUT2D eigenvalue weighted by atomic mass is 32.2. The summed E-state index contributed by atoms with van der Waals surface area (Å²) < 4.78 is 33.7. The number of aryl methyl sites for hydroxylation is 2. The van der Waals surface area contributed by atoms with Crippen LogP contribution in [0.15, 0.2) is 41.7 Å². The van der Waals surface area contributed by atoms with Crippen molar-refractivity contribution in [2.24, 2.45) is 0 Å². The number of aromatic nitrogens is 3. The zero-order valence-corrected chi connectivity index (χ0v) is 22.1. The molecule has 1 saturated heterocycles. The minimum atomic E-state index is -3.83. The van der Waals surface area contributed by atoms with Crippen LogP contribution in [0.25, 0.3) is 11.0 Å². The lowest BCUT2D eigenvalue weighted by Crippen LogP contribution is -2.59. The van der Waals surface area contributed by atoms with Gasteiger partial charge in [-0.05, 0) is 66.2 Å². The van der Waals surface area contributed by atoms with Gasteiger partial charge in [-0.2, -0.15) is 0 Å². The molecule has 0 unspecified atom stereocenters. The van der Waals surface area contributed by atoms with Gasteiger partial charge in [0.05, 0.1) is 10.3 Å². The first-order chi connectivity index (χ1) is 16.3. The molecule has 9 nitrogen and oxygen atoms in total. The van der Waals surface area contributed by atoms with Gasteiger partial charge in [0.15, 0.2) is 5.65 Å². The maximum Gasteiger partial charge on any atom is 0.410 e. The fourth-order valence-corrected chi connectivity index (χ4v) is 5.78. The van der Waals surface area contributed by atoms with Crippen molar-refractivity contribution in [1.82, 2.24) is 18.8 Å². The molecule has 10 heteroatoms. The Balaban J connectivity index is 1.71. The Kier molecular flexibility index (Phi) is 6.29. The van der Waals surface area contributed by atoms with Crippen molar-refractivity contribution < 1.29 is 17.9 Å². The van der Waals surface area contributed by atoms with Gasteiger partial charge in [0.25, 0.3) is 10.0 Å². The number of piperazine rings is 1. The standard InChI is InChI=1S/C25H33N5O4S/c1-16-8-10-20(11-9-16)35(32,33)30-12-17(2)21-22(26-15-27-23(21)30)28-13-19(4)29(14-18(28)3)24(31)34-25(5,6)7/h8-12,15,18-19H,13-14H2,1-7H3/t18-,19+/m0/s1. The van der Waals surface area contributed by atoms with E-state index in [1.165, 1.54) is 10.3 Å². The van der Waals surface area contributed by atoms with Gasteiger partial charge in [0, 0.05) is 31.4 Å². The quantitative estimate of drug-likeness (QED) is 0.535.